The van der Waals surface area contributed by atoms with Crippen LogP contribution in [0.4, 0.5) is 0 Å². The number of hydrogen-bond acceptors (Lipinski definition) is 0. The summed E-state index contributed by atoms with van der Waals surface area (Å²) in [6.45, 7) is 3.95. The molecule has 0 N–H and O–H groups in total. The Labute approximate surface area is 83.4 Å². The zero-order valence-corrected chi connectivity index (χ0v) is 8.58. The van der Waals surface area contributed by atoms with E-state index in [9.17, 15) is 0 Å². The number of fused-ring (bicyclic) bond motifs is 1. The second-order valence-electron chi connectivity index (χ2n) is 3.24. The highest BCUT2D eigenvalue weighted by Crippen LogP contribution is 2.28. The normalized spacial score (nSPS) is 18.9. The Morgan fingerprint density at radius 2 is 2.17 bits per heavy atom. The van der Waals surface area contributed by atoms with Crippen molar-refractivity contribution in [3.63, 3.8) is 0 Å². The quantitative estimate of drug-likeness (QED) is 0.594. The van der Waals surface area contributed by atoms with E-state index in [1.165, 1.54) is 11.1 Å². The molecule has 1 unspecified atom stereocenters. The SMILES string of the molecule is [CH2][CH2][Mg][CH]1C=Cc2ccccc21. The molecule has 0 saturated carbocycles. The van der Waals surface area contributed by atoms with Gasteiger partial charge in [0.1, 0.15) is 0 Å². The molecule has 1 atom stereocenters. The second kappa shape index (κ2) is 3.63. The lowest BCUT2D eigenvalue weighted by Gasteiger charge is -2.07. The Morgan fingerprint density at radius 3 is 3.00 bits per heavy atom. The van der Waals surface area contributed by atoms with Crippen LogP contribution in [0.5, 0.6) is 0 Å². The first kappa shape index (κ1) is 8.33. The molecule has 0 heterocycles. The van der Waals surface area contributed by atoms with Crippen LogP contribution in [0, 0.1) is 6.92 Å². The summed E-state index contributed by atoms with van der Waals surface area (Å²) in [6.07, 6.45) is 4.60. The minimum absolute atomic E-state index is 0.00844. The van der Waals surface area contributed by atoms with Gasteiger partial charge in [-0.25, -0.2) is 0 Å². The fraction of sp³-hybridized carbons (Fsp3) is 0.182. The molecule has 0 amide bonds. The van der Waals surface area contributed by atoms with Crippen molar-refractivity contribution in [1.29, 1.82) is 0 Å². The van der Waals surface area contributed by atoms with Crippen molar-refractivity contribution in [2.75, 3.05) is 0 Å². The molecule has 1 aromatic rings. The Bertz CT molecular complexity index is 302. The predicted molar refractivity (Wildman–Crippen MR) is 54.1 cm³/mol. The van der Waals surface area contributed by atoms with E-state index in [-0.39, 0.29) is 20.4 Å². The standard InChI is InChI=1S/C9H7.C2H4.Mg/c1-2-5-9-7-3-6-8(9)4-1;1-2;/h1-7H;1-2H2;. The Balaban J connectivity index is 2.30. The van der Waals surface area contributed by atoms with Crippen LogP contribution < -0.4 is 0 Å². The molecule has 0 saturated heterocycles. The molecule has 1 aliphatic rings. The topological polar surface area (TPSA) is 0 Å². The van der Waals surface area contributed by atoms with Crippen molar-refractivity contribution in [1.82, 2.24) is 0 Å². The maximum absolute atomic E-state index is 3.95. The van der Waals surface area contributed by atoms with Gasteiger partial charge in [0.15, 0.2) is 0 Å². The van der Waals surface area contributed by atoms with Crippen LogP contribution in [0.1, 0.15) is 15.2 Å². The minimum atomic E-state index is -0.00844. The van der Waals surface area contributed by atoms with Crippen molar-refractivity contribution in [2.45, 2.75) is 8.60 Å². The fourth-order valence-electron chi connectivity index (χ4n) is 1.80. The number of rotatable bonds is 2. The number of benzene rings is 1. The molecule has 0 spiro atoms. The first-order chi connectivity index (χ1) is 5.92. The Morgan fingerprint density at radius 1 is 1.33 bits per heavy atom. The van der Waals surface area contributed by atoms with Crippen molar-refractivity contribution < 1.29 is 0 Å². The van der Waals surface area contributed by atoms with Crippen LogP contribution in [0.25, 0.3) is 6.08 Å². The molecule has 0 bridgehead atoms. The summed E-state index contributed by atoms with van der Waals surface area (Å²) < 4.78 is 1.92. The Kier molecular flexibility index (Phi) is 2.52. The maximum atomic E-state index is 3.95. The van der Waals surface area contributed by atoms with E-state index in [1.807, 2.05) is 0 Å². The fourth-order valence-corrected chi connectivity index (χ4v) is 3.25. The summed E-state index contributed by atoms with van der Waals surface area (Å²) in [5, 5.41) is 0. The average molecular weight is 168 g/mol. The van der Waals surface area contributed by atoms with Gasteiger partial charge in [-0.1, -0.05) is 46.9 Å². The number of allylic oxidation sites excluding steroid dienone is 1. The molecule has 1 radical (unpaired) electrons. The largest absolute Gasteiger partial charge is 0.381 e. The van der Waals surface area contributed by atoms with Gasteiger partial charge >= 0.3 is 20.4 Å². The summed E-state index contributed by atoms with van der Waals surface area (Å²) >= 11 is -0.00844. The molecule has 1 heteroatoms. The monoisotopic (exact) mass is 167 g/mol. The van der Waals surface area contributed by atoms with Gasteiger partial charge in [-0.2, -0.15) is 0 Å². The molecule has 57 valence electrons. The van der Waals surface area contributed by atoms with Crippen molar-refractivity contribution in [3.05, 3.63) is 48.4 Å². The van der Waals surface area contributed by atoms with E-state index in [0.29, 0.717) is 0 Å². The first-order valence-electron chi connectivity index (χ1n) is 4.48. The van der Waals surface area contributed by atoms with Crippen LogP contribution in [0.2, 0.25) is 4.55 Å². The van der Waals surface area contributed by atoms with E-state index >= 15 is 0 Å². The molecule has 0 aromatic heterocycles. The third-order valence-electron chi connectivity index (χ3n) is 2.42. The Hall–Kier alpha value is -0.274. The predicted octanol–water partition coefficient (Wildman–Crippen LogP) is 2.71. The molecule has 0 nitrogen and oxygen atoms in total. The third-order valence-corrected chi connectivity index (χ3v) is 4.16. The van der Waals surface area contributed by atoms with Gasteiger partial charge in [-0.3, -0.25) is 0 Å². The smallest absolute Gasteiger partial charge is 0.144 e. The summed E-state index contributed by atoms with van der Waals surface area (Å²) in [5.41, 5.74) is 2.95. The highest BCUT2D eigenvalue weighted by atomic mass is 24.5. The van der Waals surface area contributed by atoms with Gasteiger partial charge in [0.25, 0.3) is 0 Å². The van der Waals surface area contributed by atoms with E-state index < -0.39 is 0 Å². The van der Waals surface area contributed by atoms with E-state index in [0.717, 1.165) is 8.60 Å². The molecule has 2 rings (SSSR count). The van der Waals surface area contributed by atoms with Gasteiger partial charge < -0.3 is 0 Å². The van der Waals surface area contributed by atoms with Crippen molar-refractivity contribution in [3.8, 4) is 0 Å². The van der Waals surface area contributed by atoms with Crippen LogP contribution in [-0.2, 0) is 0 Å². The maximum Gasteiger partial charge on any atom is 0.381 e. The van der Waals surface area contributed by atoms with E-state index in [1.54, 1.807) is 0 Å². The van der Waals surface area contributed by atoms with Crippen LogP contribution >= 0.6 is 0 Å². The molecule has 0 fully saturated rings. The lowest BCUT2D eigenvalue weighted by Crippen LogP contribution is -2.01. The van der Waals surface area contributed by atoms with E-state index in [4.69, 9.17) is 0 Å². The van der Waals surface area contributed by atoms with Gasteiger partial charge in [0, 0.05) is 0 Å². The summed E-state index contributed by atoms with van der Waals surface area (Å²) in [6, 6.07) is 8.69. The lowest BCUT2D eigenvalue weighted by molar-refractivity contribution is 1.22. The molecule has 1 aromatic carbocycles. The second-order valence-corrected chi connectivity index (χ2v) is 5.40. The molecule has 1 aliphatic carbocycles. The van der Waals surface area contributed by atoms with Crippen LogP contribution in [0.15, 0.2) is 30.3 Å². The first-order valence-corrected chi connectivity index (χ1v) is 6.30. The lowest BCUT2D eigenvalue weighted by atomic mass is 10.1. The van der Waals surface area contributed by atoms with Crippen molar-refractivity contribution >= 4 is 26.4 Å². The molecular weight excluding hydrogens is 156 g/mol. The van der Waals surface area contributed by atoms with Crippen molar-refractivity contribution in [2.24, 2.45) is 0 Å². The van der Waals surface area contributed by atoms with Gasteiger partial charge in [0.05, 0.1) is 0 Å². The van der Waals surface area contributed by atoms with Gasteiger partial charge in [-0.05, 0) is 5.56 Å². The average Bonchev–Trinajstić information content (AvgIpc) is 2.50. The molecule has 12 heavy (non-hydrogen) atoms. The molecular formula is C11H11Mg. The molecule has 0 aliphatic heterocycles. The highest BCUT2D eigenvalue weighted by molar-refractivity contribution is 6.39. The van der Waals surface area contributed by atoms with Crippen LogP contribution in [0.3, 0.4) is 0 Å². The minimum Gasteiger partial charge on any atom is -0.144 e. The third kappa shape index (κ3) is 1.43. The summed E-state index contributed by atoms with van der Waals surface area (Å²) in [7, 11) is 0. The number of hydrogen-bond donors (Lipinski definition) is 0. The summed E-state index contributed by atoms with van der Waals surface area (Å²) in [4.78, 5) is 0. The van der Waals surface area contributed by atoms with Gasteiger partial charge in [-0.15, -0.1) is 10.6 Å². The zero-order valence-electron chi connectivity index (χ0n) is 7.16. The van der Waals surface area contributed by atoms with E-state index in [2.05, 4.69) is 43.3 Å². The van der Waals surface area contributed by atoms with Gasteiger partial charge in [0.2, 0.25) is 0 Å². The van der Waals surface area contributed by atoms with Crippen LogP contribution in [-0.4, -0.2) is 20.4 Å². The highest BCUT2D eigenvalue weighted by Gasteiger charge is 2.16. The zero-order chi connectivity index (χ0) is 8.39. The summed E-state index contributed by atoms with van der Waals surface area (Å²) in [5.74, 6) is 0.